The van der Waals surface area contributed by atoms with Crippen molar-refractivity contribution in [3.8, 4) is 5.82 Å². The molecular weight excluding hydrogens is 368 g/mol. The van der Waals surface area contributed by atoms with E-state index in [0.717, 1.165) is 0 Å². The maximum Gasteiger partial charge on any atom is 0.251 e. The minimum Gasteiger partial charge on any atom is -0.391 e. The van der Waals surface area contributed by atoms with Crippen molar-refractivity contribution in [1.29, 1.82) is 0 Å². The first-order valence-electron chi connectivity index (χ1n) is 8.71. The van der Waals surface area contributed by atoms with Crippen molar-refractivity contribution in [2.45, 2.75) is 31.5 Å². The first-order chi connectivity index (χ1) is 13.1. The maximum atomic E-state index is 12.6. The van der Waals surface area contributed by atoms with E-state index in [2.05, 4.69) is 20.5 Å². The largest absolute Gasteiger partial charge is 0.391 e. The lowest BCUT2D eigenvalue weighted by Crippen LogP contribution is -2.40. The van der Waals surface area contributed by atoms with Crippen LogP contribution < -0.4 is 5.32 Å². The van der Waals surface area contributed by atoms with Gasteiger partial charge in [0, 0.05) is 36.9 Å². The summed E-state index contributed by atoms with van der Waals surface area (Å²) in [6.45, 7) is 0.662. The fourth-order valence-corrected chi connectivity index (χ4v) is 3.62. The van der Waals surface area contributed by atoms with E-state index in [1.165, 1.54) is 0 Å². The summed E-state index contributed by atoms with van der Waals surface area (Å²) >= 11 is 5.89. The number of rotatable bonds is 5. The van der Waals surface area contributed by atoms with Crippen LogP contribution in [0.3, 0.4) is 0 Å². The SMILES string of the molecule is O=C(N[C@@H]1CC(Cn2cc(Cl)cn2)C[C@H]1O)c1ccnc(-n2cccn2)c1. The number of nitrogens with one attached hydrogen (secondary N) is 1. The van der Waals surface area contributed by atoms with Crippen molar-refractivity contribution in [2.24, 2.45) is 5.92 Å². The van der Waals surface area contributed by atoms with E-state index in [0.29, 0.717) is 35.8 Å². The van der Waals surface area contributed by atoms with Gasteiger partial charge in [-0.25, -0.2) is 9.67 Å². The fourth-order valence-electron chi connectivity index (χ4n) is 3.47. The summed E-state index contributed by atoms with van der Waals surface area (Å²) in [6, 6.07) is 4.81. The standard InChI is InChI=1S/C18H19ClN6O2/c19-14-9-22-24(11-14)10-12-6-15(16(26)7-12)23-18(27)13-2-4-20-17(8-13)25-5-1-3-21-25/h1-5,8-9,11-12,15-16,26H,6-7,10H2,(H,23,27)/t12?,15-,16-/m1/s1. The lowest BCUT2D eigenvalue weighted by atomic mass is 10.1. The van der Waals surface area contributed by atoms with Crippen molar-refractivity contribution in [1.82, 2.24) is 29.9 Å². The van der Waals surface area contributed by atoms with Crippen LogP contribution in [0.4, 0.5) is 0 Å². The highest BCUT2D eigenvalue weighted by Crippen LogP contribution is 2.28. The van der Waals surface area contributed by atoms with Gasteiger partial charge in [-0.15, -0.1) is 0 Å². The highest BCUT2D eigenvalue weighted by molar-refractivity contribution is 6.30. The number of hydrogen-bond donors (Lipinski definition) is 2. The third-order valence-corrected chi connectivity index (χ3v) is 4.93. The molecule has 0 bridgehead atoms. The van der Waals surface area contributed by atoms with E-state index < -0.39 is 6.10 Å². The number of aliphatic hydroxyl groups is 1. The molecule has 0 aliphatic heterocycles. The van der Waals surface area contributed by atoms with E-state index in [9.17, 15) is 9.90 Å². The summed E-state index contributed by atoms with van der Waals surface area (Å²) < 4.78 is 3.36. The predicted molar refractivity (Wildman–Crippen MR) is 98.6 cm³/mol. The van der Waals surface area contributed by atoms with Gasteiger partial charge >= 0.3 is 0 Å². The smallest absolute Gasteiger partial charge is 0.251 e. The number of halogens is 1. The number of carbonyl (C=O) groups excluding carboxylic acids is 1. The molecule has 3 atom stereocenters. The zero-order chi connectivity index (χ0) is 18.8. The van der Waals surface area contributed by atoms with E-state index in [1.807, 2.05) is 0 Å². The van der Waals surface area contributed by atoms with Crippen LogP contribution in [0, 0.1) is 5.92 Å². The van der Waals surface area contributed by atoms with Crippen LogP contribution in [0.25, 0.3) is 5.82 Å². The normalized spacial score (nSPS) is 22.1. The molecule has 4 rings (SSSR count). The Balaban J connectivity index is 1.40. The topological polar surface area (TPSA) is 97.9 Å². The molecule has 9 heteroatoms. The Kier molecular flexibility index (Phi) is 4.91. The first kappa shape index (κ1) is 17.7. The number of aromatic nitrogens is 5. The Hall–Kier alpha value is -2.71. The maximum absolute atomic E-state index is 12.6. The zero-order valence-corrected chi connectivity index (χ0v) is 15.2. The Labute approximate surface area is 160 Å². The molecule has 1 aliphatic carbocycles. The zero-order valence-electron chi connectivity index (χ0n) is 14.4. The molecule has 1 unspecified atom stereocenters. The number of carbonyl (C=O) groups is 1. The van der Waals surface area contributed by atoms with Crippen LogP contribution >= 0.6 is 11.6 Å². The number of nitrogens with zero attached hydrogens (tertiary/aromatic N) is 5. The Bertz CT molecular complexity index is 926. The van der Waals surface area contributed by atoms with Crippen molar-refractivity contribution in [3.63, 3.8) is 0 Å². The molecule has 0 aromatic carbocycles. The molecule has 3 aromatic heterocycles. The van der Waals surface area contributed by atoms with Gasteiger partial charge in [-0.3, -0.25) is 9.48 Å². The highest BCUT2D eigenvalue weighted by atomic mass is 35.5. The molecule has 0 radical (unpaired) electrons. The summed E-state index contributed by atoms with van der Waals surface area (Å²) in [6.07, 6.45) is 9.03. The molecule has 8 nitrogen and oxygen atoms in total. The second-order valence-corrected chi connectivity index (χ2v) is 7.16. The second kappa shape index (κ2) is 7.50. The monoisotopic (exact) mass is 386 g/mol. The molecule has 1 amide bonds. The van der Waals surface area contributed by atoms with E-state index in [1.54, 1.807) is 58.5 Å². The average Bonchev–Trinajstić information content (AvgIpc) is 3.39. The van der Waals surface area contributed by atoms with Gasteiger partial charge in [-0.1, -0.05) is 11.6 Å². The summed E-state index contributed by atoms with van der Waals surface area (Å²) in [7, 11) is 0. The molecule has 140 valence electrons. The van der Waals surface area contributed by atoms with Crippen LogP contribution in [0.5, 0.6) is 0 Å². The summed E-state index contributed by atoms with van der Waals surface area (Å²) in [5.74, 6) is 0.545. The van der Waals surface area contributed by atoms with Crippen molar-refractivity contribution in [3.05, 3.63) is 59.8 Å². The molecule has 3 aromatic rings. The third kappa shape index (κ3) is 4.01. The molecule has 1 fully saturated rings. The lowest BCUT2D eigenvalue weighted by Gasteiger charge is -2.16. The summed E-state index contributed by atoms with van der Waals surface area (Å²) in [5, 5.41) is 22.2. The van der Waals surface area contributed by atoms with Crippen molar-refractivity contribution >= 4 is 17.5 Å². The molecule has 1 saturated carbocycles. The van der Waals surface area contributed by atoms with E-state index >= 15 is 0 Å². The van der Waals surface area contributed by atoms with E-state index in [-0.39, 0.29) is 17.9 Å². The molecule has 27 heavy (non-hydrogen) atoms. The highest BCUT2D eigenvalue weighted by Gasteiger charge is 2.34. The molecule has 0 spiro atoms. The van der Waals surface area contributed by atoms with Crippen LogP contribution in [0.15, 0.2) is 49.2 Å². The number of pyridine rings is 1. The Morgan fingerprint density at radius 2 is 2.22 bits per heavy atom. The average molecular weight is 387 g/mol. The van der Waals surface area contributed by atoms with Gasteiger partial charge in [-0.05, 0) is 37.0 Å². The quantitative estimate of drug-likeness (QED) is 0.695. The van der Waals surface area contributed by atoms with Gasteiger partial charge in [0.2, 0.25) is 0 Å². The predicted octanol–water partition coefficient (Wildman–Crippen LogP) is 1.69. The summed E-state index contributed by atoms with van der Waals surface area (Å²) in [4.78, 5) is 16.8. The van der Waals surface area contributed by atoms with E-state index in [4.69, 9.17) is 11.6 Å². The van der Waals surface area contributed by atoms with Crippen LogP contribution in [-0.2, 0) is 6.54 Å². The fraction of sp³-hybridized carbons (Fsp3) is 0.333. The Morgan fingerprint density at radius 3 is 2.96 bits per heavy atom. The first-order valence-corrected chi connectivity index (χ1v) is 9.09. The molecule has 1 aliphatic rings. The van der Waals surface area contributed by atoms with Crippen molar-refractivity contribution in [2.75, 3.05) is 0 Å². The minimum absolute atomic E-state index is 0.221. The number of amides is 1. The van der Waals surface area contributed by atoms with Gasteiger partial charge in [0.05, 0.1) is 23.4 Å². The molecular formula is C18H19ClN6O2. The molecule has 0 saturated heterocycles. The van der Waals surface area contributed by atoms with Crippen LogP contribution in [-0.4, -0.2) is 47.7 Å². The number of aliphatic hydroxyl groups excluding tert-OH is 1. The minimum atomic E-state index is -0.586. The third-order valence-electron chi connectivity index (χ3n) is 4.74. The molecule has 3 heterocycles. The van der Waals surface area contributed by atoms with Gasteiger partial charge in [0.15, 0.2) is 5.82 Å². The van der Waals surface area contributed by atoms with Crippen molar-refractivity contribution < 1.29 is 9.90 Å². The second-order valence-electron chi connectivity index (χ2n) is 6.72. The molecule has 2 N–H and O–H groups in total. The number of hydrogen-bond acceptors (Lipinski definition) is 5. The van der Waals surface area contributed by atoms with Gasteiger partial charge < -0.3 is 10.4 Å². The lowest BCUT2D eigenvalue weighted by molar-refractivity contribution is 0.0872. The van der Waals surface area contributed by atoms with Gasteiger partial charge in [0.25, 0.3) is 5.91 Å². The van der Waals surface area contributed by atoms with Crippen LogP contribution in [0.2, 0.25) is 5.02 Å². The Morgan fingerprint density at radius 1 is 1.33 bits per heavy atom. The van der Waals surface area contributed by atoms with Crippen LogP contribution in [0.1, 0.15) is 23.2 Å². The summed E-state index contributed by atoms with van der Waals surface area (Å²) in [5.41, 5.74) is 0.477. The van der Waals surface area contributed by atoms with Gasteiger partial charge in [-0.2, -0.15) is 10.2 Å². The van der Waals surface area contributed by atoms with Gasteiger partial charge in [0.1, 0.15) is 0 Å².